The Labute approximate surface area is 139 Å². The summed E-state index contributed by atoms with van der Waals surface area (Å²) in [5, 5.41) is 0. The summed E-state index contributed by atoms with van der Waals surface area (Å²) in [7, 11) is 0. The Kier molecular flexibility index (Phi) is 4.33. The van der Waals surface area contributed by atoms with Gasteiger partial charge in [0.25, 0.3) is 11.8 Å². The molecule has 0 aliphatic carbocycles. The van der Waals surface area contributed by atoms with E-state index in [4.69, 9.17) is 5.73 Å². The zero-order valence-electron chi connectivity index (χ0n) is 13.2. The maximum absolute atomic E-state index is 12.2. The van der Waals surface area contributed by atoms with E-state index in [2.05, 4.69) is 0 Å². The average molecular weight is 329 g/mol. The van der Waals surface area contributed by atoms with E-state index >= 15 is 0 Å². The largest absolute Gasteiger partial charge is 0.368 e. The van der Waals surface area contributed by atoms with E-state index in [0.29, 0.717) is 30.5 Å². The number of nitrogens with two attached hydrogens (primary N) is 1. The van der Waals surface area contributed by atoms with Gasteiger partial charge in [-0.2, -0.15) is 0 Å². The van der Waals surface area contributed by atoms with Crippen molar-refractivity contribution in [3.63, 3.8) is 0 Å². The SMILES string of the molecule is NC(=O)C1CCCN1C(=O)CCCN1C(=O)c2ccccc2C1=O. The predicted octanol–water partition coefficient (Wildman–Crippen LogP) is 0.539. The Morgan fingerprint density at radius 1 is 1.12 bits per heavy atom. The summed E-state index contributed by atoms with van der Waals surface area (Å²) >= 11 is 0. The molecule has 1 saturated heterocycles. The number of hydrogen-bond donors (Lipinski definition) is 1. The van der Waals surface area contributed by atoms with Crippen LogP contribution < -0.4 is 5.73 Å². The molecule has 1 aromatic carbocycles. The smallest absolute Gasteiger partial charge is 0.261 e. The first-order valence-corrected chi connectivity index (χ1v) is 8.04. The van der Waals surface area contributed by atoms with Crippen molar-refractivity contribution in [3.05, 3.63) is 35.4 Å². The van der Waals surface area contributed by atoms with Crippen LogP contribution in [0.25, 0.3) is 0 Å². The van der Waals surface area contributed by atoms with Crippen molar-refractivity contribution >= 4 is 23.6 Å². The van der Waals surface area contributed by atoms with Crippen LogP contribution in [0.5, 0.6) is 0 Å². The Bertz CT molecular complexity index is 681. The maximum atomic E-state index is 12.2. The molecule has 126 valence electrons. The van der Waals surface area contributed by atoms with E-state index < -0.39 is 11.9 Å². The highest BCUT2D eigenvalue weighted by Crippen LogP contribution is 2.23. The van der Waals surface area contributed by atoms with E-state index in [1.54, 1.807) is 24.3 Å². The fraction of sp³-hybridized carbons (Fsp3) is 0.412. The van der Waals surface area contributed by atoms with Gasteiger partial charge in [0, 0.05) is 19.5 Å². The Morgan fingerprint density at radius 2 is 1.75 bits per heavy atom. The number of primary amides is 1. The summed E-state index contributed by atoms with van der Waals surface area (Å²) in [4.78, 5) is 50.7. The molecule has 1 unspecified atom stereocenters. The molecule has 2 heterocycles. The van der Waals surface area contributed by atoms with Crippen LogP contribution in [0.2, 0.25) is 0 Å². The number of rotatable bonds is 5. The number of likely N-dealkylation sites (tertiary alicyclic amines) is 1. The second-order valence-electron chi connectivity index (χ2n) is 6.06. The first-order chi connectivity index (χ1) is 11.5. The van der Waals surface area contributed by atoms with Gasteiger partial charge in [0.05, 0.1) is 11.1 Å². The number of imide groups is 1. The molecule has 7 heteroatoms. The van der Waals surface area contributed by atoms with Crippen molar-refractivity contribution in [2.24, 2.45) is 5.73 Å². The lowest BCUT2D eigenvalue weighted by molar-refractivity contribution is -0.137. The van der Waals surface area contributed by atoms with Crippen LogP contribution in [-0.4, -0.2) is 52.6 Å². The Morgan fingerprint density at radius 3 is 2.33 bits per heavy atom. The summed E-state index contributed by atoms with van der Waals surface area (Å²) in [5.41, 5.74) is 6.12. The summed E-state index contributed by atoms with van der Waals surface area (Å²) in [6.45, 7) is 0.715. The van der Waals surface area contributed by atoms with Gasteiger partial charge in [0.15, 0.2) is 0 Å². The molecule has 3 rings (SSSR count). The number of fused-ring (bicyclic) bond motifs is 1. The topological polar surface area (TPSA) is 101 Å². The molecule has 0 bridgehead atoms. The normalized spacial score (nSPS) is 19.8. The second-order valence-corrected chi connectivity index (χ2v) is 6.06. The van der Waals surface area contributed by atoms with Crippen molar-refractivity contribution in [1.82, 2.24) is 9.80 Å². The van der Waals surface area contributed by atoms with Crippen molar-refractivity contribution in [3.8, 4) is 0 Å². The summed E-state index contributed by atoms with van der Waals surface area (Å²) in [6, 6.07) is 6.16. The van der Waals surface area contributed by atoms with Gasteiger partial charge in [-0.1, -0.05) is 12.1 Å². The number of benzene rings is 1. The first kappa shape index (κ1) is 16.2. The quantitative estimate of drug-likeness (QED) is 0.797. The minimum atomic E-state index is -0.531. The van der Waals surface area contributed by atoms with Crippen LogP contribution in [-0.2, 0) is 9.59 Å². The summed E-state index contributed by atoms with van der Waals surface area (Å²) in [6.07, 6.45) is 1.90. The van der Waals surface area contributed by atoms with Crippen LogP contribution >= 0.6 is 0 Å². The monoisotopic (exact) mass is 329 g/mol. The molecular weight excluding hydrogens is 310 g/mol. The number of hydrogen-bond acceptors (Lipinski definition) is 4. The van der Waals surface area contributed by atoms with Gasteiger partial charge in [0.2, 0.25) is 11.8 Å². The molecule has 0 spiro atoms. The van der Waals surface area contributed by atoms with E-state index in [1.165, 1.54) is 9.80 Å². The van der Waals surface area contributed by atoms with Gasteiger partial charge in [-0.05, 0) is 31.4 Å². The lowest BCUT2D eigenvalue weighted by Gasteiger charge is -2.22. The zero-order valence-corrected chi connectivity index (χ0v) is 13.2. The predicted molar refractivity (Wildman–Crippen MR) is 85.0 cm³/mol. The van der Waals surface area contributed by atoms with Gasteiger partial charge >= 0.3 is 0 Å². The maximum Gasteiger partial charge on any atom is 0.261 e. The molecule has 2 aliphatic rings. The summed E-state index contributed by atoms with van der Waals surface area (Å²) < 4.78 is 0. The number of carbonyl (C=O) groups is 4. The van der Waals surface area contributed by atoms with E-state index in [9.17, 15) is 19.2 Å². The molecule has 4 amide bonds. The molecular formula is C17H19N3O4. The Hall–Kier alpha value is -2.70. The van der Waals surface area contributed by atoms with Crippen molar-refractivity contribution in [2.45, 2.75) is 31.7 Å². The van der Waals surface area contributed by atoms with E-state index in [1.807, 2.05) is 0 Å². The van der Waals surface area contributed by atoms with Gasteiger partial charge < -0.3 is 10.6 Å². The third kappa shape index (κ3) is 2.77. The molecule has 2 N–H and O–H groups in total. The fourth-order valence-corrected chi connectivity index (χ4v) is 3.34. The van der Waals surface area contributed by atoms with Crippen LogP contribution in [0.4, 0.5) is 0 Å². The molecule has 0 saturated carbocycles. The standard InChI is InChI=1S/C17H19N3O4/c18-15(22)13-7-3-9-19(13)14(21)8-4-10-20-16(23)11-5-1-2-6-12(11)17(20)24/h1-2,5-6,13H,3-4,7-10H2,(H2,18,22). The van der Waals surface area contributed by atoms with Gasteiger partial charge in [0.1, 0.15) is 6.04 Å². The molecule has 1 aromatic rings. The highest BCUT2D eigenvalue weighted by Gasteiger charge is 2.35. The summed E-state index contributed by atoms with van der Waals surface area (Å²) in [5.74, 6) is -1.28. The number of nitrogens with zero attached hydrogens (tertiary/aromatic N) is 2. The number of amides is 4. The second kappa shape index (κ2) is 6.43. The van der Waals surface area contributed by atoms with E-state index in [0.717, 1.165) is 6.42 Å². The lowest BCUT2D eigenvalue weighted by Crippen LogP contribution is -2.43. The molecule has 7 nitrogen and oxygen atoms in total. The molecule has 2 aliphatic heterocycles. The minimum Gasteiger partial charge on any atom is -0.368 e. The van der Waals surface area contributed by atoms with Crippen LogP contribution in [0.1, 0.15) is 46.4 Å². The molecule has 24 heavy (non-hydrogen) atoms. The van der Waals surface area contributed by atoms with Gasteiger partial charge in [-0.15, -0.1) is 0 Å². The third-order valence-electron chi connectivity index (χ3n) is 4.55. The van der Waals surface area contributed by atoms with Crippen LogP contribution in [0, 0.1) is 0 Å². The van der Waals surface area contributed by atoms with Crippen LogP contribution in [0.15, 0.2) is 24.3 Å². The third-order valence-corrected chi connectivity index (χ3v) is 4.55. The minimum absolute atomic E-state index is 0.159. The first-order valence-electron chi connectivity index (χ1n) is 8.04. The van der Waals surface area contributed by atoms with Crippen molar-refractivity contribution in [1.29, 1.82) is 0 Å². The van der Waals surface area contributed by atoms with Gasteiger partial charge in [-0.3, -0.25) is 24.1 Å². The molecule has 1 atom stereocenters. The van der Waals surface area contributed by atoms with Crippen molar-refractivity contribution < 1.29 is 19.2 Å². The lowest BCUT2D eigenvalue weighted by atomic mass is 10.1. The zero-order chi connectivity index (χ0) is 17.3. The highest BCUT2D eigenvalue weighted by atomic mass is 16.2. The average Bonchev–Trinajstić information content (AvgIpc) is 3.15. The fourth-order valence-electron chi connectivity index (χ4n) is 3.34. The van der Waals surface area contributed by atoms with Crippen LogP contribution in [0.3, 0.4) is 0 Å². The molecule has 1 fully saturated rings. The highest BCUT2D eigenvalue weighted by molar-refractivity contribution is 6.21. The number of carbonyl (C=O) groups excluding carboxylic acids is 4. The van der Waals surface area contributed by atoms with E-state index in [-0.39, 0.29) is 30.7 Å². The Balaban J connectivity index is 1.56. The molecule has 0 radical (unpaired) electrons. The van der Waals surface area contributed by atoms with Crippen molar-refractivity contribution in [2.75, 3.05) is 13.1 Å². The molecule has 0 aromatic heterocycles. The van der Waals surface area contributed by atoms with Gasteiger partial charge in [-0.25, -0.2) is 0 Å².